The summed E-state index contributed by atoms with van der Waals surface area (Å²) in [4.78, 5) is 24.5. The summed E-state index contributed by atoms with van der Waals surface area (Å²) < 4.78 is 24.5. The van der Waals surface area contributed by atoms with Gasteiger partial charge in [-0.25, -0.2) is 14.0 Å². The third-order valence-electron chi connectivity index (χ3n) is 6.80. The Balaban J connectivity index is 1.51. The zero-order chi connectivity index (χ0) is 20.8. The van der Waals surface area contributed by atoms with Crippen LogP contribution in [0.4, 0.5) is 4.39 Å². The summed E-state index contributed by atoms with van der Waals surface area (Å²) in [6, 6.07) is 5.90. The molecule has 4 nitrogen and oxygen atoms in total. The van der Waals surface area contributed by atoms with E-state index in [2.05, 4.69) is 26.5 Å². The van der Waals surface area contributed by atoms with Gasteiger partial charge in [0.05, 0.1) is 0 Å². The van der Waals surface area contributed by atoms with Crippen molar-refractivity contribution in [2.45, 2.75) is 45.3 Å². The van der Waals surface area contributed by atoms with Crippen LogP contribution in [0.2, 0.25) is 0 Å². The van der Waals surface area contributed by atoms with E-state index in [9.17, 15) is 14.0 Å². The van der Waals surface area contributed by atoms with E-state index in [1.165, 1.54) is 23.8 Å². The van der Waals surface area contributed by atoms with Crippen LogP contribution in [-0.2, 0) is 19.1 Å². The molecular formula is C24H25FO4. The van der Waals surface area contributed by atoms with Crippen LogP contribution >= 0.6 is 0 Å². The minimum atomic E-state index is -0.429. The number of hydrogen-bond donors (Lipinski definition) is 0. The van der Waals surface area contributed by atoms with Crippen molar-refractivity contribution in [2.24, 2.45) is 17.3 Å². The summed E-state index contributed by atoms with van der Waals surface area (Å²) in [6.07, 6.45) is 6.82. The van der Waals surface area contributed by atoms with Crippen molar-refractivity contribution in [3.63, 3.8) is 0 Å². The van der Waals surface area contributed by atoms with Crippen LogP contribution in [0.1, 0.15) is 38.7 Å². The first-order chi connectivity index (χ1) is 13.8. The molecule has 1 heterocycles. The highest BCUT2D eigenvalue weighted by molar-refractivity contribution is 5.91. The molecule has 2 aliphatic carbocycles. The first-order valence-electron chi connectivity index (χ1n) is 10.0. The van der Waals surface area contributed by atoms with Crippen LogP contribution in [0.3, 0.4) is 0 Å². The lowest BCUT2D eigenvalue weighted by molar-refractivity contribution is -0.165. The fraction of sp³-hybridized carbons (Fsp3) is 0.417. The van der Waals surface area contributed by atoms with Crippen molar-refractivity contribution >= 4 is 18.0 Å². The molecule has 1 saturated carbocycles. The monoisotopic (exact) mass is 396 g/mol. The smallest absolute Gasteiger partial charge is 0.334 e. The maximum atomic E-state index is 13.0. The second-order valence-electron chi connectivity index (χ2n) is 8.52. The molecule has 4 rings (SSSR count). The summed E-state index contributed by atoms with van der Waals surface area (Å²) in [7, 11) is 0. The Bertz CT molecular complexity index is 913. The summed E-state index contributed by atoms with van der Waals surface area (Å²) in [6.45, 7) is 8.11. The van der Waals surface area contributed by atoms with E-state index in [1.54, 1.807) is 18.2 Å². The highest BCUT2D eigenvalue weighted by atomic mass is 19.1. The van der Waals surface area contributed by atoms with Crippen molar-refractivity contribution in [1.82, 2.24) is 0 Å². The number of rotatable bonds is 3. The van der Waals surface area contributed by atoms with Crippen LogP contribution in [0.15, 0.2) is 54.1 Å². The zero-order valence-electron chi connectivity index (χ0n) is 16.7. The predicted octanol–water partition coefficient (Wildman–Crippen LogP) is 4.61. The number of esters is 2. The van der Waals surface area contributed by atoms with Gasteiger partial charge >= 0.3 is 11.9 Å². The standard InChI is InChI=1S/C24H25FO4/c1-14-4-10-19(28-20(26)11-7-16-5-8-17(25)9-6-16)24(3)13-12-18-15(2)23(27)29-22(18)21(14)24/h4-9,11,18-19,21-22H,2,10,12-13H2,1,3H3/b11-7+/t18-,19+,21+,22-,24-/m0/s1. The SMILES string of the molecule is C=C1C(=O)O[C@@H]2[C@H]3C(C)=CC[C@@H](OC(=O)/C=C/c4ccc(F)cc4)[C@]3(C)CC[C@@H]12. The van der Waals surface area contributed by atoms with Crippen molar-refractivity contribution in [3.05, 3.63) is 65.5 Å². The molecule has 0 bridgehead atoms. The Morgan fingerprint density at radius 3 is 2.79 bits per heavy atom. The highest BCUT2D eigenvalue weighted by Gasteiger charge is 2.58. The molecule has 0 unspecified atom stereocenters. The Hall–Kier alpha value is -2.69. The van der Waals surface area contributed by atoms with E-state index in [0.717, 1.165) is 18.4 Å². The molecule has 29 heavy (non-hydrogen) atoms. The number of carbonyl (C=O) groups excluding carboxylic acids is 2. The van der Waals surface area contributed by atoms with Crippen LogP contribution < -0.4 is 0 Å². The van der Waals surface area contributed by atoms with Gasteiger partial charge in [0.25, 0.3) is 0 Å². The van der Waals surface area contributed by atoms with Gasteiger partial charge in [-0.05, 0) is 43.5 Å². The lowest BCUT2D eigenvalue weighted by atomic mass is 9.55. The quantitative estimate of drug-likeness (QED) is 0.425. The fourth-order valence-electron chi connectivity index (χ4n) is 5.20. The topological polar surface area (TPSA) is 52.6 Å². The minimum absolute atomic E-state index is 0.0112. The maximum Gasteiger partial charge on any atom is 0.334 e. The van der Waals surface area contributed by atoms with E-state index in [4.69, 9.17) is 9.47 Å². The molecule has 152 valence electrons. The molecule has 0 aromatic heterocycles. The van der Waals surface area contributed by atoms with Gasteiger partial charge in [-0.3, -0.25) is 0 Å². The third-order valence-corrected chi connectivity index (χ3v) is 6.80. The molecule has 5 heteroatoms. The average Bonchev–Trinajstić information content (AvgIpc) is 2.97. The van der Waals surface area contributed by atoms with Crippen molar-refractivity contribution < 1.29 is 23.5 Å². The van der Waals surface area contributed by atoms with Gasteiger partial charge < -0.3 is 9.47 Å². The molecular weight excluding hydrogens is 371 g/mol. The molecule has 1 aromatic carbocycles. The largest absolute Gasteiger partial charge is 0.458 e. The van der Waals surface area contributed by atoms with Crippen LogP contribution in [-0.4, -0.2) is 24.1 Å². The van der Waals surface area contributed by atoms with Gasteiger partial charge in [0.15, 0.2) is 0 Å². The Kier molecular flexibility index (Phi) is 4.93. The molecule has 1 aromatic rings. The molecule has 0 spiro atoms. The number of halogens is 1. The maximum absolute atomic E-state index is 13.0. The van der Waals surface area contributed by atoms with Crippen LogP contribution in [0.25, 0.3) is 6.08 Å². The van der Waals surface area contributed by atoms with Crippen molar-refractivity contribution in [1.29, 1.82) is 0 Å². The number of hydrogen-bond acceptors (Lipinski definition) is 4. The highest BCUT2D eigenvalue weighted by Crippen LogP contribution is 2.56. The van der Waals surface area contributed by atoms with Gasteiger partial charge in [0.1, 0.15) is 18.0 Å². The predicted molar refractivity (Wildman–Crippen MR) is 107 cm³/mol. The Morgan fingerprint density at radius 2 is 2.07 bits per heavy atom. The fourth-order valence-corrected chi connectivity index (χ4v) is 5.20. The number of carbonyl (C=O) groups is 2. The van der Waals surface area contributed by atoms with E-state index >= 15 is 0 Å². The van der Waals surface area contributed by atoms with Gasteiger partial charge in [-0.15, -0.1) is 0 Å². The van der Waals surface area contributed by atoms with Crippen molar-refractivity contribution in [2.75, 3.05) is 0 Å². The first kappa shape index (κ1) is 19.6. The summed E-state index contributed by atoms with van der Waals surface area (Å²) in [5.74, 6) is -1.01. The molecule has 0 amide bonds. The molecule has 0 N–H and O–H groups in total. The Labute approximate surface area is 170 Å². The van der Waals surface area contributed by atoms with Gasteiger partial charge in [-0.1, -0.05) is 37.3 Å². The summed E-state index contributed by atoms with van der Waals surface area (Å²) in [5, 5.41) is 0. The second-order valence-corrected chi connectivity index (χ2v) is 8.52. The average molecular weight is 396 g/mol. The third kappa shape index (κ3) is 3.43. The van der Waals surface area contributed by atoms with E-state index in [0.29, 0.717) is 12.0 Å². The normalized spacial score (nSPS) is 33.7. The first-order valence-corrected chi connectivity index (χ1v) is 10.0. The van der Waals surface area contributed by atoms with Crippen molar-refractivity contribution in [3.8, 4) is 0 Å². The van der Waals surface area contributed by atoms with E-state index in [1.807, 2.05) is 0 Å². The Morgan fingerprint density at radius 1 is 1.34 bits per heavy atom. The molecule has 0 radical (unpaired) electrons. The molecule has 1 saturated heterocycles. The van der Waals surface area contributed by atoms with Crippen LogP contribution in [0, 0.1) is 23.1 Å². The second kappa shape index (κ2) is 7.29. The summed E-state index contributed by atoms with van der Waals surface area (Å²) in [5.41, 5.74) is 2.17. The van der Waals surface area contributed by atoms with Crippen LogP contribution in [0.5, 0.6) is 0 Å². The van der Waals surface area contributed by atoms with E-state index in [-0.39, 0.29) is 41.2 Å². The van der Waals surface area contributed by atoms with Gasteiger partial charge in [0.2, 0.25) is 0 Å². The zero-order valence-corrected chi connectivity index (χ0v) is 16.7. The minimum Gasteiger partial charge on any atom is -0.458 e. The summed E-state index contributed by atoms with van der Waals surface area (Å²) >= 11 is 0. The number of ether oxygens (including phenoxy) is 2. The lowest BCUT2D eigenvalue weighted by Gasteiger charge is -2.52. The van der Waals surface area contributed by atoms with Gasteiger partial charge in [-0.2, -0.15) is 0 Å². The molecule has 3 aliphatic rings. The van der Waals surface area contributed by atoms with Gasteiger partial charge in [0, 0.05) is 35.3 Å². The van der Waals surface area contributed by atoms with E-state index < -0.39 is 5.97 Å². The number of fused-ring (bicyclic) bond motifs is 3. The molecule has 2 fully saturated rings. The lowest BCUT2D eigenvalue weighted by Crippen LogP contribution is -2.53. The number of benzene rings is 1. The molecule has 1 aliphatic heterocycles. The molecule has 5 atom stereocenters.